The zero-order valence-corrected chi connectivity index (χ0v) is 14.0. The molecular formula is C14H15Br2NO2. The van der Waals surface area contributed by atoms with Gasteiger partial charge in [0.1, 0.15) is 11.5 Å². The third-order valence-corrected chi connectivity index (χ3v) is 4.37. The molecule has 0 saturated heterocycles. The Hall–Kier alpha value is -0.940. The van der Waals surface area contributed by atoms with Gasteiger partial charge in [-0.3, -0.25) is 0 Å². The summed E-state index contributed by atoms with van der Waals surface area (Å²) in [5, 5.41) is 3.35. The third kappa shape index (κ3) is 3.76. The van der Waals surface area contributed by atoms with Crippen molar-refractivity contribution in [3.05, 3.63) is 44.7 Å². The highest BCUT2D eigenvalue weighted by Gasteiger charge is 2.06. The van der Waals surface area contributed by atoms with Gasteiger partial charge in [-0.2, -0.15) is 0 Å². The summed E-state index contributed by atoms with van der Waals surface area (Å²) in [5.74, 6) is 1.76. The van der Waals surface area contributed by atoms with Crippen molar-refractivity contribution in [2.24, 2.45) is 0 Å². The van der Waals surface area contributed by atoms with Crippen LogP contribution < -0.4 is 10.1 Å². The van der Waals surface area contributed by atoms with Crippen LogP contribution in [0.15, 0.2) is 37.8 Å². The number of hydrogen-bond donors (Lipinski definition) is 1. The summed E-state index contributed by atoms with van der Waals surface area (Å²) >= 11 is 6.72. The van der Waals surface area contributed by atoms with Gasteiger partial charge in [0, 0.05) is 5.69 Å². The normalized spacial score (nSPS) is 10.5. The van der Waals surface area contributed by atoms with E-state index in [0.717, 1.165) is 27.2 Å². The molecule has 0 bridgehead atoms. The van der Waals surface area contributed by atoms with Crippen molar-refractivity contribution in [1.29, 1.82) is 0 Å². The Bertz CT molecular complexity index is 547. The number of ether oxygens (including phenoxy) is 1. The smallest absolute Gasteiger partial charge is 0.183 e. The molecule has 5 heteroatoms. The lowest BCUT2D eigenvalue weighted by Crippen LogP contribution is -2.00. The number of nitrogens with one attached hydrogen (secondary N) is 1. The van der Waals surface area contributed by atoms with E-state index in [1.165, 1.54) is 0 Å². The maximum absolute atomic E-state index is 5.52. The molecule has 2 aromatic rings. The average Bonchev–Trinajstić information content (AvgIpc) is 2.68. The van der Waals surface area contributed by atoms with Crippen molar-refractivity contribution in [1.82, 2.24) is 0 Å². The summed E-state index contributed by atoms with van der Waals surface area (Å²) in [6.07, 6.45) is 0. The zero-order chi connectivity index (χ0) is 13.8. The molecule has 1 N–H and O–H groups in total. The van der Waals surface area contributed by atoms with E-state index < -0.39 is 0 Å². The van der Waals surface area contributed by atoms with Gasteiger partial charge in [-0.15, -0.1) is 0 Å². The van der Waals surface area contributed by atoms with Crippen LogP contribution in [-0.4, -0.2) is 6.61 Å². The highest BCUT2D eigenvalue weighted by atomic mass is 79.9. The largest absolute Gasteiger partial charge is 0.494 e. The van der Waals surface area contributed by atoms with Crippen molar-refractivity contribution >= 4 is 37.5 Å². The Kier molecular flexibility index (Phi) is 4.93. The second kappa shape index (κ2) is 6.48. The monoisotopic (exact) mass is 387 g/mol. The van der Waals surface area contributed by atoms with Crippen LogP contribution in [0, 0.1) is 6.92 Å². The van der Waals surface area contributed by atoms with E-state index >= 15 is 0 Å². The number of halogens is 2. The Morgan fingerprint density at radius 2 is 2.05 bits per heavy atom. The quantitative estimate of drug-likeness (QED) is 0.771. The maximum atomic E-state index is 5.52. The van der Waals surface area contributed by atoms with Gasteiger partial charge in [-0.25, -0.2) is 0 Å². The van der Waals surface area contributed by atoms with E-state index in [-0.39, 0.29) is 0 Å². The molecule has 0 fully saturated rings. The standard InChI is InChI=1S/C14H15Br2NO2/c1-3-18-10-4-5-13(9(2)6-10)17-8-11-7-12(15)14(16)19-11/h4-7,17H,3,8H2,1-2H3. The maximum Gasteiger partial charge on any atom is 0.183 e. The summed E-state index contributed by atoms with van der Waals surface area (Å²) in [5.41, 5.74) is 2.22. The first kappa shape index (κ1) is 14.5. The second-order valence-electron chi connectivity index (χ2n) is 4.10. The fourth-order valence-corrected chi connectivity index (χ4v) is 2.41. The van der Waals surface area contributed by atoms with Crippen molar-refractivity contribution in [2.75, 3.05) is 11.9 Å². The molecule has 0 unspecified atom stereocenters. The lowest BCUT2D eigenvalue weighted by atomic mass is 10.2. The van der Waals surface area contributed by atoms with E-state index in [9.17, 15) is 0 Å². The van der Waals surface area contributed by atoms with Gasteiger partial charge in [-0.05, 0) is 75.5 Å². The molecule has 1 aromatic heterocycles. The molecule has 0 spiro atoms. The van der Waals surface area contributed by atoms with Crippen LogP contribution in [0.5, 0.6) is 5.75 Å². The first-order valence-corrected chi connectivity index (χ1v) is 7.59. The highest BCUT2D eigenvalue weighted by Crippen LogP contribution is 2.28. The van der Waals surface area contributed by atoms with Crippen LogP contribution in [0.25, 0.3) is 0 Å². The molecule has 0 aliphatic rings. The number of benzene rings is 1. The van der Waals surface area contributed by atoms with Crippen LogP contribution in [0.4, 0.5) is 5.69 Å². The average molecular weight is 389 g/mol. The van der Waals surface area contributed by atoms with Gasteiger partial charge in [0.2, 0.25) is 0 Å². The minimum atomic E-state index is 0.638. The molecule has 0 saturated carbocycles. The van der Waals surface area contributed by atoms with E-state index in [0.29, 0.717) is 17.8 Å². The molecule has 2 rings (SSSR count). The predicted molar refractivity (Wildman–Crippen MR) is 83.8 cm³/mol. The van der Waals surface area contributed by atoms with E-state index in [2.05, 4.69) is 44.1 Å². The molecule has 102 valence electrons. The topological polar surface area (TPSA) is 34.4 Å². The fraction of sp³-hybridized carbons (Fsp3) is 0.286. The first-order chi connectivity index (χ1) is 9.10. The predicted octanol–water partition coefficient (Wildman–Crippen LogP) is 5.12. The second-order valence-corrected chi connectivity index (χ2v) is 5.67. The Morgan fingerprint density at radius 3 is 2.63 bits per heavy atom. The summed E-state index contributed by atoms with van der Waals surface area (Å²) in [7, 11) is 0. The molecule has 0 radical (unpaired) electrons. The fourth-order valence-electron chi connectivity index (χ4n) is 1.75. The van der Waals surface area contributed by atoms with Crippen molar-refractivity contribution in [3.63, 3.8) is 0 Å². The molecule has 1 heterocycles. The van der Waals surface area contributed by atoms with Crippen molar-refractivity contribution in [2.45, 2.75) is 20.4 Å². The van der Waals surface area contributed by atoms with Crippen LogP contribution >= 0.6 is 31.9 Å². The lowest BCUT2D eigenvalue weighted by molar-refractivity contribution is 0.340. The Balaban J connectivity index is 2.03. The minimum Gasteiger partial charge on any atom is -0.494 e. The van der Waals surface area contributed by atoms with Crippen LogP contribution in [-0.2, 0) is 6.54 Å². The SMILES string of the molecule is CCOc1ccc(NCc2cc(Br)c(Br)o2)c(C)c1. The molecule has 19 heavy (non-hydrogen) atoms. The van der Waals surface area contributed by atoms with Gasteiger partial charge < -0.3 is 14.5 Å². The molecule has 0 aliphatic heterocycles. The zero-order valence-electron chi connectivity index (χ0n) is 10.8. The van der Waals surface area contributed by atoms with Crippen LogP contribution in [0.3, 0.4) is 0 Å². The van der Waals surface area contributed by atoms with Crippen molar-refractivity contribution < 1.29 is 9.15 Å². The Labute approximate surface area is 129 Å². The summed E-state index contributed by atoms with van der Waals surface area (Å²) in [6.45, 7) is 5.35. The van der Waals surface area contributed by atoms with Gasteiger partial charge in [-0.1, -0.05) is 0 Å². The number of rotatable bonds is 5. The highest BCUT2D eigenvalue weighted by molar-refractivity contribution is 9.13. The summed E-state index contributed by atoms with van der Waals surface area (Å²) in [6, 6.07) is 7.96. The Morgan fingerprint density at radius 1 is 1.26 bits per heavy atom. The van der Waals surface area contributed by atoms with E-state index in [1.54, 1.807) is 0 Å². The van der Waals surface area contributed by atoms with E-state index in [4.69, 9.17) is 9.15 Å². The molecule has 0 amide bonds. The summed E-state index contributed by atoms with van der Waals surface area (Å²) in [4.78, 5) is 0. The van der Waals surface area contributed by atoms with Gasteiger partial charge in [0.15, 0.2) is 4.67 Å². The van der Waals surface area contributed by atoms with Crippen LogP contribution in [0.2, 0.25) is 0 Å². The van der Waals surface area contributed by atoms with Gasteiger partial charge >= 0.3 is 0 Å². The minimum absolute atomic E-state index is 0.638. The number of aryl methyl sites for hydroxylation is 1. The molecule has 0 atom stereocenters. The van der Waals surface area contributed by atoms with Gasteiger partial charge in [0.05, 0.1) is 17.6 Å². The van der Waals surface area contributed by atoms with Crippen LogP contribution in [0.1, 0.15) is 18.2 Å². The lowest BCUT2D eigenvalue weighted by Gasteiger charge is -2.10. The van der Waals surface area contributed by atoms with Gasteiger partial charge in [0.25, 0.3) is 0 Å². The first-order valence-electron chi connectivity index (χ1n) is 6.01. The van der Waals surface area contributed by atoms with E-state index in [1.807, 2.05) is 31.2 Å². The van der Waals surface area contributed by atoms with Crippen molar-refractivity contribution in [3.8, 4) is 5.75 Å². The molecule has 3 nitrogen and oxygen atoms in total. The molecular weight excluding hydrogens is 374 g/mol. The third-order valence-electron chi connectivity index (χ3n) is 2.66. The number of hydrogen-bond acceptors (Lipinski definition) is 3. The number of anilines is 1. The molecule has 1 aromatic carbocycles. The number of furan rings is 1. The molecule has 0 aliphatic carbocycles. The summed E-state index contributed by atoms with van der Waals surface area (Å²) < 4.78 is 12.6.